The lowest BCUT2D eigenvalue weighted by Crippen LogP contribution is -2.16. The van der Waals surface area contributed by atoms with Gasteiger partial charge in [0.15, 0.2) is 0 Å². The number of rotatable bonds is 3. The van der Waals surface area contributed by atoms with E-state index in [1.807, 2.05) is 0 Å². The normalized spacial score (nSPS) is 10.7. The van der Waals surface area contributed by atoms with Gasteiger partial charge >= 0.3 is 0 Å². The van der Waals surface area contributed by atoms with Gasteiger partial charge in [-0.05, 0) is 37.3 Å². The van der Waals surface area contributed by atoms with Crippen LogP contribution < -0.4 is 10.3 Å². The van der Waals surface area contributed by atoms with Crippen LogP contribution in [0.3, 0.4) is 0 Å². The number of nitro groups is 1. The number of hydrogen-bond acceptors (Lipinski definition) is 5. The molecular formula is C16H13N3O4. The summed E-state index contributed by atoms with van der Waals surface area (Å²) in [6, 6.07) is 9.52. The van der Waals surface area contributed by atoms with E-state index in [2.05, 4.69) is 4.98 Å². The number of hydrogen-bond donors (Lipinski definition) is 0. The van der Waals surface area contributed by atoms with Gasteiger partial charge in [-0.1, -0.05) is 0 Å². The third-order valence-electron chi connectivity index (χ3n) is 3.49. The Balaban J connectivity index is 1.99. The molecule has 7 heteroatoms. The standard InChI is InChI=1S/C16H13N3O4/c1-10-7-11(4-6-15(10)19(21)22)23-12-3-5-14-13(8-12)16(20)18(2)9-17-14/h3-9H,1-2H3. The van der Waals surface area contributed by atoms with Crippen LogP contribution >= 0.6 is 0 Å². The molecule has 0 aliphatic heterocycles. The van der Waals surface area contributed by atoms with Crippen LogP contribution in [-0.4, -0.2) is 14.5 Å². The molecule has 0 unspecified atom stereocenters. The van der Waals surface area contributed by atoms with Crippen molar-refractivity contribution in [2.45, 2.75) is 6.92 Å². The Kier molecular flexibility index (Phi) is 3.53. The maximum Gasteiger partial charge on any atom is 0.272 e. The summed E-state index contributed by atoms with van der Waals surface area (Å²) in [5.41, 5.74) is 0.959. The quantitative estimate of drug-likeness (QED) is 0.548. The van der Waals surface area contributed by atoms with E-state index in [4.69, 9.17) is 4.74 Å². The van der Waals surface area contributed by atoms with Crippen molar-refractivity contribution in [3.8, 4) is 11.5 Å². The molecule has 0 spiro atoms. The van der Waals surface area contributed by atoms with Gasteiger partial charge in [-0.15, -0.1) is 0 Å². The second kappa shape index (κ2) is 5.53. The third kappa shape index (κ3) is 2.76. The summed E-state index contributed by atoms with van der Waals surface area (Å²) in [7, 11) is 1.63. The predicted molar refractivity (Wildman–Crippen MR) is 84.9 cm³/mol. The smallest absolute Gasteiger partial charge is 0.272 e. The maximum absolute atomic E-state index is 12.1. The summed E-state index contributed by atoms with van der Waals surface area (Å²) in [4.78, 5) is 26.7. The van der Waals surface area contributed by atoms with Gasteiger partial charge in [0.25, 0.3) is 11.2 Å². The third-order valence-corrected chi connectivity index (χ3v) is 3.49. The number of aryl methyl sites for hydroxylation is 2. The first kappa shape index (κ1) is 14.7. The van der Waals surface area contributed by atoms with Crippen LogP contribution in [-0.2, 0) is 7.05 Å². The molecule has 23 heavy (non-hydrogen) atoms. The topological polar surface area (TPSA) is 87.3 Å². The van der Waals surface area contributed by atoms with E-state index in [9.17, 15) is 14.9 Å². The second-order valence-electron chi connectivity index (χ2n) is 5.15. The van der Waals surface area contributed by atoms with Crippen molar-refractivity contribution in [3.63, 3.8) is 0 Å². The van der Waals surface area contributed by atoms with Crippen LogP contribution in [0.4, 0.5) is 5.69 Å². The average Bonchev–Trinajstić information content (AvgIpc) is 2.51. The van der Waals surface area contributed by atoms with Gasteiger partial charge in [0.2, 0.25) is 0 Å². The molecule has 0 amide bonds. The largest absolute Gasteiger partial charge is 0.457 e. The number of nitrogens with zero attached hydrogens (tertiary/aromatic N) is 3. The summed E-state index contributed by atoms with van der Waals surface area (Å²) >= 11 is 0. The second-order valence-corrected chi connectivity index (χ2v) is 5.15. The van der Waals surface area contributed by atoms with E-state index in [0.717, 1.165) is 0 Å². The fraction of sp³-hybridized carbons (Fsp3) is 0.125. The van der Waals surface area contributed by atoms with Crippen molar-refractivity contribution >= 4 is 16.6 Å². The van der Waals surface area contributed by atoms with Crippen LogP contribution in [0.1, 0.15) is 5.56 Å². The van der Waals surface area contributed by atoms with Crippen LogP contribution in [0.5, 0.6) is 11.5 Å². The monoisotopic (exact) mass is 311 g/mol. The fourth-order valence-corrected chi connectivity index (χ4v) is 2.29. The van der Waals surface area contributed by atoms with E-state index < -0.39 is 4.92 Å². The fourth-order valence-electron chi connectivity index (χ4n) is 2.29. The van der Waals surface area contributed by atoms with E-state index >= 15 is 0 Å². The Labute approximate surface area is 130 Å². The van der Waals surface area contributed by atoms with Crippen molar-refractivity contribution in [1.82, 2.24) is 9.55 Å². The first-order valence-electron chi connectivity index (χ1n) is 6.84. The summed E-state index contributed by atoms with van der Waals surface area (Å²) < 4.78 is 7.09. The number of aromatic nitrogens is 2. The molecule has 1 heterocycles. The SMILES string of the molecule is Cc1cc(Oc2ccc3ncn(C)c(=O)c3c2)ccc1[N+](=O)[O-]. The van der Waals surface area contributed by atoms with E-state index in [1.54, 1.807) is 38.2 Å². The molecule has 3 rings (SSSR count). The van der Waals surface area contributed by atoms with E-state index in [-0.39, 0.29) is 11.2 Å². The predicted octanol–water partition coefficient (Wildman–Crippen LogP) is 2.94. The zero-order chi connectivity index (χ0) is 16.6. The lowest BCUT2D eigenvalue weighted by Gasteiger charge is -2.08. The van der Waals surface area contributed by atoms with Gasteiger partial charge in [0.1, 0.15) is 11.5 Å². The lowest BCUT2D eigenvalue weighted by molar-refractivity contribution is -0.385. The van der Waals surface area contributed by atoms with E-state index in [0.29, 0.717) is 28.0 Å². The van der Waals surface area contributed by atoms with Crippen LogP contribution in [0, 0.1) is 17.0 Å². The minimum atomic E-state index is -0.440. The zero-order valence-electron chi connectivity index (χ0n) is 12.5. The number of nitro benzene ring substituents is 1. The van der Waals surface area contributed by atoms with Crippen LogP contribution in [0.15, 0.2) is 47.5 Å². The molecule has 0 saturated heterocycles. The molecule has 0 radical (unpaired) electrons. The summed E-state index contributed by atoms with van der Waals surface area (Å²) in [6.07, 6.45) is 1.46. The number of benzene rings is 2. The van der Waals surface area contributed by atoms with Crippen molar-refractivity contribution in [2.75, 3.05) is 0 Å². The maximum atomic E-state index is 12.1. The minimum absolute atomic E-state index is 0.0360. The molecule has 0 bridgehead atoms. The first-order valence-corrected chi connectivity index (χ1v) is 6.84. The van der Waals surface area contributed by atoms with Crippen molar-refractivity contribution < 1.29 is 9.66 Å². The van der Waals surface area contributed by atoms with Gasteiger partial charge in [-0.25, -0.2) is 4.98 Å². The Morgan fingerprint density at radius 1 is 1.17 bits per heavy atom. The highest BCUT2D eigenvalue weighted by atomic mass is 16.6. The molecule has 0 N–H and O–H groups in total. The number of fused-ring (bicyclic) bond motifs is 1. The van der Waals surface area contributed by atoms with Crippen LogP contribution in [0.2, 0.25) is 0 Å². The van der Waals surface area contributed by atoms with Gasteiger partial charge in [-0.2, -0.15) is 0 Å². The summed E-state index contributed by atoms with van der Waals surface area (Å²) in [5, 5.41) is 11.3. The molecule has 1 aromatic heterocycles. The Hall–Kier alpha value is -3.22. The van der Waals surface area contributed by atoms with Crippen molar-refractivity contribution in [2.24, 2.45) is 7.05 Å². The van der Waals surface area contributed by atoms with Gasteiger partial charge < -0.3 is 9.30 Å². The van der Waals surface area contributed by atoms with Crippen LogP contribution in [0.25, 0.3) is 10.9 Å². The summed E-state index contributed by atoms with van der Waals surface area (Å²) in [6.45, 7) is 1.64. The molecule has 7 nitrogen and oxygen atoms in total. The Morgan fingerprint density at radius 3 is 2.57 bits per heavy atom. The Morgan fingerprint density at radius 2 is 1.87 bits per heavy atom. The molecule has 2 aromatic carbocycles. The molecule has 0 fully saturated rings. The molecule has 0 aliphatic rings. The first-order chi connectivity index (χ1) is 11.0. The molecular weight excluding hydrogens is 298 g/mol. The zero-order valence-corrected chi connectivity index (χ0v) is 12.5. The number of ether oxygens (including phenoxy) is 1. The van der Waals surface area contributed by atoms with E-state index in [1.165, 1.54) is 23.0 Å². The highest BCUT2D eigenvalue weighted by molar-refractivity contribution is 5.79. The lowest BCUT2D eigenvalue weighted by atomic mass is 10.2. The molecule has 3 aromatic rings. The van der Waals surface area contributed by atoms with Crippen molar-refractivity contribution in [3.05, 3.63) is 68.8 Å². The average molecular weight is 311 g/mol. The molecule has 0 atom stereocenters. The highest BCUT2D eigenvalue weighted by Gasteiger charge is 2.11. The molecule has 116 valence electrons. The van der Waals surface area contributed by atoms with Gasteiger partial charge in [0.05, 0.1) is 22.2 Å². The molecule has 0 saturated carbocycles. The van der Waals surface area contributed by atoms with Gasteiger partial charge in [0, 0.05) is 18.7 Å². The van der Waals surface area contributed by atoms with Crippen molar-refractivity contribution in [1.29, 1.82) is 0 Å². The minimum Gasteiger partial charge on any atom is -0.457 e. The van der Waals surface area contributed by atoms with Gasteiger partial charge in [-0.3, -0.25) is 14.9 Å². The Bertz CT molecular complexity index is 979. The highest BCUT2D eigenvalue weighted by Crippen LogP contribution is 2.28. The summed E-state index contributed by atoms with van der Waals surface area (Å²) in [5.74, 6) is 0.934. The molecule has 0 aliphatic carbocycles.